The lowest BCUT2D eigenvalue weighted by molar-refractivity contribution is 0.270. The summed E-state index contributed by atoms with van der Waals surface area (Å²) in [4.78, 5) is 14.3. The summed E-state index contributed by atoms with van der Waals surface area (Å²) < 4.78 is 1.80. The van der Waals surface area contributed by atoms with Gasteiger partial charge in [-0.25, -0.2) is 0 Å². The van der Waals surface area contributed by atoms with Crippen LogP contribution >= 0.6 is 24.0 Å². The number of nitrogens with zero attached hydrogens (tertiary/aromatic N) is 6. The third kappa shape index (κ3) is 4.16. The van der Waals surface area contributed by atoms with E-state index in [4.69, 9.17) is 21.6 Å². The maximum atomic E-state index is 6.29. The third-order valence-corrected chi connectivity index (χ3v) is 5.46. The molecular formula is C19H25Cl2N7. The number of aryl methyl sites for hydroxylation is 1. The fraction of sp³-hybridized carbons (Fsp3) is 0.421. The van der Waals surface area contributed by atoms with Crippen molar-refractivity contribution in [2.24, 2.45) is 7.05 Å². The first kappa shape index (κ1) is 20.6. The second kappa shape index (κ2) is 8.94. The standard InChI is InChI=1S/C19H24ClN7.ClH/c1-3-26-8-10-27(11-9-26)19-23-17(15-13-22-25(2)18(15)24-19)21-12-14-6-4-5-7-16(14)20;/h4-7,13H,3,8-12H2,1-2H3,(H,21,23,24);1H. The molecule has 1 aliphatic rings. The van der Waals surface area contributed by atoms with Crippen molar-refractivity contribution in [3.63, 3.8) is 0 Å². The van der Waals surface area contributed by atoms with Crippen LogP contribution in [-0.2, 0) is 13.6 Å². The van der Waals surface area contributed by atoms with E-state index >= 15 is 0 Å². The Morgan fingerprint density at radius 2 is 1.86 bits per heavy atom. The Morgan fingerprint density at radius 1 is 1.11 bits per heavy atom. The minimum Gasteiger partial charge on any atom is -0.365 e. The summed E-state index contributed by atoms with van der Waals surface area (Å²) in [5, 5.41) is 9.46. The van der Waals surface area contributed by atoms with Gasteiger partial charge in [0.15, 0.2) is 5.65 Å². The van der Waals surface area contributed by atoms with Gasteiger partial charge in [0.2, 0.25) is 5.95 Å². The van der Waals surface area contributed by atoms with E-state index in [0.29, 0.717) is 6.54 Å². The molecule has 0 saturated carbocycles. The van der Waals surface area contributed by atoms with E-state index in [-0.39, 0.29) is 12.4 Å². The van der Waals surface area contributed by atoms with E-state index in [1.54, 1.807) is 4.68 Å². The van der Waals surface area contributed by atoms with E-state index in [1.165, 1.54) is 0 Å². The predicted molar refractivity (Wildman–Crippen MR) is 117 cm³/mol. The molecule has 2 aromatic heterocycles. The van der Waals surface area contributed by atoms with Crippen LogP contribution in [0, 0.1) is 0 Å². The number of rotatable bonds is 5. The van der Waals surface area contributed by atoms with E-state index in [1.807, 2.05) is 37.5 Å². The topological polar surface area (TPSA) is 62.1 Å². The average molecular weight is 422 g/mol. The van der Waals surface area contributed by atoms with Gasteiger partial charge < -0.3 is 15.1 Å². The average Bonchev–Trinajstić information content (AvgIpc) is 3.08. The number of benzene rings is 1. The molecule has 4 rings (SSSR count). The zero-order valence-corrected chi connectivity index (χ0v) is 17.7. The molecule has 1 saturated heterocycles. The summed E-state index contributed by atoms with van der Waals surface area (Å²) in [6.07, 6.45) is 1.81. The highest BCUT2D eigenvalue weighted by molar-refractivity contribution is 6.31. The highest BCUT2D eigenvalue weighted by Crippen LogP contribution is 2.25. The fourth-order valence-corrected chi connectivity index (χ4v) is 3.57. The van der Waals surface area contributed by atoms with Crippen LogP contribution in [0.25, 0.3) is 11.0 Å². The lowest BCUT2D eigenvalue weighted by atomic mass is 10.2. The van der Waals surface area contributed by atoms with E-state index in [9.17, 15) is 0 Å². The SMILES string of the molecule is CCN1CCN(c2nc(NCc3ccccc3Cl)c3cnn(C)c3n2)CC1.Cl. The number of hydrogen-bond donors (Lipinski definition) is 1. The van der Waals surface area contributed by atoms with Gasteiger partial charge in [-0.1, -0.05) is 36.7 Å². The maximum Gasteiger partial charge on any atom is 0.229 e. The number of anilines is 2. The largest absolute Gasteiger partial charge is 0.365 e. The van der Waals surface area contributed by atoms with Gasteiger partial charge in [0.05, 0.1) is 11.6 Å². The predicted octanol–water partition coefficient (Wildman–Crippen LogP) is 3.19. The zero-order valence-electron chi connectivity index (χ0n) is 16.1. The highest BCUT2D eigenvalue weighted by Gasteiger charge is 2.20. The van der Waals surface area contributed by atoms with Crippen LogP contribution in [0.2, 0.25) is 5.02 Å². The van der Waals surface area contributed by atoms with Gasteiger partial charge in [-0.05, 0) is 18.2 Å². The second-order valence-corrected chi connectivity index (χ2v) is 7.15. The Hall–Kier alpha value is -2.09. The summed E-state index contributed by atoms with van der Waals surface area (Å²) in [6.45, 7) is 7.81. The number of hydrogen-bond acceptors (Lipinski definition) is 6. The van der Waals surface area contributed by atoms with Gasteiger partial charge in [-0.15, -0.1) is 12.4 Å². The monoisotopic (exact) mass is 421 g/mol. The normalized spacial score (nSPS) is 14.9. The number of nitrogens with one attached hydrogen (secondary N) is 1. The lowest BCUT2D eigenvalue weighted by Gasteiger charge is -2.34. The van der Waals surface area contributed by atoms with Gasteiger partial charge in [-0.3, -0.25) is 4.68 Å². The van der Waals surface area contributed by atoms with Crippen LogP contribution in [0.4, 0.5) is 11.8 Å². The zero-order chi connectivity index (χ0) is 18.8. The van der Waals surface area contributed by atoms with Gasteiger partial charge >= 0.3 is 0 Å². The summed E-state index contributed by atoms with van der Waals surface area (Å²) in [7, 11) is 1.91. The van der Waals surface area contributed by atoms with E-state index in [0.717, 1.165) is 66.1 Å². The quantitative estimate of drug-likeness (QED) is 0.682. The summed E-state index contributed by atoms with van der Waals surface area (Å²) >= 11 is 6.29. The molecule has 0 aliphatic carbocycles. The summed E-state index contributed by atoms with van der Waals surface area (Å²) in [6, 6.07) is 7.84. The molecule has 7 nitrogen and oxygen atoms in total. The molecule has 1 fully saturated rings. The van der Waals surface area contributed by atoms with Crippen LogP contribution in [0.1, 0.15) is 12.5 Å². The third-order valence-electron chi connectivity index (χ3n) is 5.09. The molecule has 150 valence electrons. The van der Waals surface area contributed by atoms with Crippen LogP contribution in [0.15, 0.2) is 30.5 Å². The molecule has 0 radical (unpaired) electrons. The first-order valence-corrected chi connectivity index (χ1v) is 9.68. The van der Waals surface area contributed by atoms with Crippen molar-refractivity contribution in [2.75, 3.05) is 42.9 Å². The molecule has 1 aromatic carbocycles. The van der Waals surface area contributed by atoms with Crippen molar-refractivity contribution in [3.8, 4) is 0 Å². The van der Waals surface area contributed by atoms with Crippen LogP contribution in [-0.4, -0.2) is 57.4 Å². The van der Waals surface area contributed by atoms with Crippen LogP contribution in [0.3, 0.4) is 0 Å². The highest BCUT2D eigenvalue weighted by atomic mass is 35.5. The Balaban J connectivity index is 0.00000225. The molecule has 3 heterocycles. The molecule has 3 aromatic rings. The van der Waals surface area contributed by atoms with Crippen molar-refractivity contribution in [1.29, 1.82) is 0 Å². The number of aromatic nitrogens is 4. The molecule has 0 amide bonds. The number of fused-ring (bicyclic) bond motifs is 1. The van der Waals surface area contributed by atoms with Gasteiger partial charge in [0, 0.05) is 44.8 Å². The van der Waals surface area contributed by atoms with E-state index in [2.05, 4.69) is 27.1 Å². The second-order valence-electron chi connectivity index (χ2n) is 6.74. The molecule has 0 atom stereocenters. The van der Waals surface area contributed by atoms with Crippen molar-refractivity contribution in [1.82, 2.24) is 24.6 Å². The lowest BCUT2D eigenvalue weighted by Crippen LogP contribution is -2.46. The first-order chi connectivity index (χ1) is 13.2. The first-order valence-electron chi connectivity index (χ1n) is 9.30. The smallest absolute Gasteiger partial charge is 0.229 e. The molecule has 28 heavy (non-hydrogen) atoms. The van der Waals surface area contributed by atoms with Gasteiger partial charge in [0.1, 0.15) is 5.82 Å². The Labute approximate surface area is 176 Å². The van der Waals surface area contributed by atoms with Crippen LogP contribution < -0.4 is 10.2 Å². The summed E-state index contributed by atoms with van der Waals surface area (Å²) in [5.41, 5.74) is 1.87. The Morgan fingerprint density at radius 3 is 2.57 bits per heavy atom. The van der Waals surface area contributed by atoms with Crippen LogP contribution in [0.5, 0.6) is 0 Å². The number of piperazine rings is 1. The van der Waals surface area contributed by atoms with Gasteiger partial charge in [-0.2, -0.15) is 15.1 Å². The molecule has 1 N–H and O–H groups in total. The van der Waals surface area contributed by atoms with E-state index < -0.39 is 0 Å². The maximum absolute atomic E-state index is 6.29. The van der Waals surface area contributed by atoms with Crippen molar-refractivity contribution >= 4 is 46.8 Å². The Bertz CT molecular complexity index is 935. The number of likely N-dealkylation sites (N-methyl/N-ethyl adjacent to an activating group) is 1. The minimum absolute atomic E-state index is 0. The van der Waals surface area contributed by atoms with Crippen molar-refractivity contribution in [3.05, 3.63) is 41.0 Å². The molecule has 9 heteroatoms. The minimum atomic E-state index is 0. The molecule has 0 unspecified atom stereocenters. The van der Waals surface area contributed by atoms with Gasteiger partial charge in [0.25, 0.3) is 0 Å². The molecule has 0 spiro atoms. The number of halogens is 2. The molecule has 1 aliphatic heterocycles. The fourth-order valence-electron chi connectivity index (χ4n) is 3.37. The molecular weight excluding hydrogens is 397 g/mol. The molecule has 0 bridgehead atoms. The summed E-state index contributed by atoms with van der Waals surface area (Å²) in [5.74, 6) is 1.55. The van der Waals surface area contributed by atoms with Crippen molar-refractivity contribution in [2.45, 2.75) is 13.5 Å². The van der Waals surface area contributed by atoms with Crippen molar-refractivity contribution < 1.29 is 0 Å². The Kier molecular flexibility index (Phi) is 6.59.